The SMILES string of the molecule is C=O.NCC1NCNC1=O. The van der Waals surface area contributed by atoms with Crippen molar-refractivity contribution in [3.63, 3.8) is 0 Å². The van der Waals surface area contributed by atoms with Crippen LogP contribution in [0.1, 0.15) is 0 Å². The van der Waals surface area contributed by atoms with E-state index in [2.05, 4.69) is 10.6 Å². The van der Waals surface area contributed by atoms with Gasteiger partial charge in [-0.1, -0.05) is 0 Å². The third kappa shape index (κ3) is 2.12. The molecule has 1 atom stereocenters. The van der Waals surface area contributed by atoms with Crippen molar-refractivity contribution in [3.8, 4) is 0 Å². The van der Waals surface area contributed by atoms with Gasteiger partial charge in [-0.3, -0.25) is 10.1 Å². The van der Waals surface area contributed by atoms with Crippen molar-refractivity contribution in [3.05, 3.63) is 0 Å². The van der Waals surface area contributed by atoms with Gasteiger partial charge in [0, 0.05) is 6.54 Å². The van der Waals surface area contributed by atoms with Crippen LogP contribution in [0.3, 0.4) is 0 Å². The van der Waals surface area contributed by atoms with E-state index in [1.807, 2.05) is 6.79 Å². The lowest BCUT2D eigenvalue weighted by molar-refractivity contribution is -0.120. The van der Waals surface area contributed by atoms with Crippen LogP contribution in [0.4, 0.5) is 0 Å². The Morgan fingerprint density at radius 3 is 2.50 bits per heavy atom. The average molecular weight is 145 g/mol. The van der Waals surface area contributed by atoms with Gasteiger partial charge in [-0.15, -0.1) is 0 Å². The summed E-state index contributed by atoms with van der Waals surface area (Å²) in [7, 11) is 0. The number of hydrogen-bond acceptors (Lipinski definition) is 4. The van der Waals surface area contributed by atoms with E-state index >= 15 is 0 Å². The molecule has 0 bridgehead atoms. The molecular weight excluding hydrogens is 134 g/mol. The van der Waals surface area contributed by atoms with E-state index in [0.717, 1.165) is 0 Å². The molecule has 0 aromatic carbocycles. The molecule has 1 saturated heterocycles. The zero-order chi connectivity index (χ0) is 7.98. The molecule has 5 heteroatoms. The Morgan fingerprint density at radius 2 is 2.30 bits per heavy atom. The number of nitrogens with one attached hydrogen (secondary N) is 2. The normalized spacial score (nSPS) is 22.9. The first-order valence-electron chi connectivity index (χ1n) is 2.84. The standard InChI is InChI=1S/C4H9N3O.CH2O/c5-1-3-4(8)7-2-6-3;1-2/h3,6H,1-2,5H2,(H,7,8);1H2. The lowest BCUT2D eigenvalue weighted by Crippen LogP contribution is -2.35. The summed E-state index contributed by atoms with van der Waals surface area (Å²) < 4.78 is 0. The zero-order valence-electron chi connectivity index (χ0n) is 5.59. The lowest BCUT2D eigenvalue weighted by atomic mass is 10.3. The minimum absolute atomic E-state index is 0.00694. The molecule has 4 N–H and O–H groups in total. The topological polar surface area (TPSA) is 84.2 Å². The van der Waals surface area contributed by atoms with Crippen LogP contribution in [0.15, 0.2) is 0 Å². The van der Waals surface area contributed by atoms with Crippen molar-refractivity contribution in [2.75, 3.05) is 13.2 Å². The van der Waals surface area contributed by atoms with Gasteiger partial charge in [0.25, 0.3) is 0 Å². The molecule has 58 valence electrons. The van der Waals surface area contributed by atoms with Crippen LogP contribution in [0.2, 0.25) is 0 Å². The van der Waals surface area contributed by atoms with Gasteiger partial charge in [-0.2, -0.15) is 0 Å². The second-order valence-corrected chi connectivity index (χ2v) is 1.71. The molecule has 5 nitrogen and oxygen atoms in total. The number of rotatable bonds is 1. The summed E-state index contributed by atoms with van der Waals surface area (Å²) in [5, 5.41) is 5.46. The van der Waals surface area contributed by atoms with E-state index in [4.69, 9.17) is 10.5 Å². The van der Waals surface area contributed by atoms with Crippen LogP contribution in [-0.2, 0) is 9.59 Å². The van der Waals surface area contributed by atoms with E-state index in [0.29, 0.717) is 13.2 Å². The predicted molar refractivity (Wildman–Crippen MR) is 36.1 cm³/mol. The van der Waals surface area contributed by atoms with E-state index in [-0.39, 0.29) is 11.9 Å². The van der Waals surface area contributed by atoms with E-state index < -0.39 is 0 Å². The molecule has 0 aliphatic carbocycles. The predicted octanol–water partition coefficient (Wildman–Crippen LogP) is -2.19. The molecule has 10 heavy (non-hydrogen) atoms. The smallest absolute Gasteiger partial charge is 0.239 e. The van der Waals surface area contributed by atoms with Crippen LogP contribution in [0, 0.1) is 0 Å². The molecule has 1 aliphatic heterocycles. The highest BCUT2D eigenvalue weighted by Gasteiger charge is 2.20. The largest absolute Gasteiger partial charge is 0.342 e. The molecule has 1 heterocycles. The second kappa shape index (κ2) is 4.89. The number of carbonyl (C=O) groups excluding carboxylic acids is 2. The third-order valence-electron chi connectivity index (χ3n) is 1.16. The number of nitrogens with two attached hydrogens (primary N) is 1. The highest BCUT2D eigenvalue weighted by Crippen LogP contribution is 1.84. The van der Waals surface area contributed by atoms with Crippen LogP contribution in [-0.4, -0.2) is 32.0 Å². The quantitative estimate of drug-likeness (QED) is 0.391. The molecule has 0 saturated carbocycles. The van der Waals surface area contributed by atoms with Crippen molar-refractivity contribution in [2.45, 2.75) is 6.04 Å². The number of hydrogen-bond donors (Lipinski definition) is 3. The van der Waals surface area contributed by atoms with Gasteiger partial charge in [0.05, 0.1) is 6.67 Å². The fourth-order valence-electron chi connectivity index (χ4n) is 0.668. The Balaban J connectivity index is 0.000000371. The first-order chi connectivity index (χ1) is 4.84. The molecular formula is C5H11N3O2. The molecule has 1 amide bonds. The molecule has 1 rings (SSSR count). The maximum absolute atomic E-state index is 10.6. The fraction of sp³-hybridized carbons (Fsp3) is 0.600. The monoisotopic (exact) mass is 145 g/mol. The molecule has 1 fully saturated rings. The van der Waals surface area contributed by atoms with Gasteiger partial charge in [-0.05, 0) is 0 Å². The van der Waals surface area contributed by atoms with Gasteiger partial charge in [0.1, 0.15) is 12.8 Å². The summed E-state index contributed by atoms with van der Waals surface area (Å²) in [5.74, 6) is 0.00694. The summed E-state index contributed by atoms with van der Waals surface area (Å²) in [6, 6.07) is -0.157. The molecule has 1 aliphatic rings. The van der Waals surface area contributed by atoms with Gasteiger partial charge in [-0.25, -0.2) is 0 Å². The van der Waals surface area contributed by atoms with Crippen molar-refractivity contribution < 1.29 is 9.59 Å². The van der Waals surface area contributed by atoms with Gasteiger partial charge in [0.2, 0.25) is 5.91 Å². The molecule has 0 radical (unpaired) electrons. The minimum Gasteiger partial charge on any atom is -0.342 e. The minimum atomic E-state index is -0.157. The molecule has 1 unspecified atom stereocenters. The van der Waals surface area contributed by atoms with Gasteiger partial charge < -0.3 is 15.8 Å². The average Bonchev–Trinajstić information content (AvgIpc) is 2.39. The van der Waals surface area contributed by atoms with E-state index in [1.54, 1.807) is 0 Å². The lowest BCUT2D eigenvalue weighted by Gasteiger charge is -1.99. The summed E-state index contributed by atoms with van der Waals surface area (Å²) in [6.45, 7) is 2.94. The Kier molecular flexibility index (Phi) is 4.43. The maximum Gasteiger partial charge on any atom is 0.239 e. The summed E-state index contributed by atoms with van der Waals surface area (Å²) >= 11 is 0. The fourth-order valence-corrected chi connectivity index (χ4v) is 0.668. The Hall–Kier alpha value is -0.940. The third-order valence-corrected chi connectivity index (χ3v) is 1.16. The van der Waals surface area contributed by atoms with Crippen molar-refractivity contribution in [2.24, 2.45) is 5.73 Å². The molecule has 0 aromatic heterocycles. The number of amides is 1. The first kappa shape index (κ1) is 9.06. The summed E-state index contributed by atoms with van der Waals surface area (Å²) in [4.78, 5) is 18.6. The van der Waals surface area contributed by atoms with Crippen LogP contribution < -0.4 is 16.4 Å². The highest BCUT2D eigenvalue weighted by atomic mass is 16.2. The zero-order valence-corrected chi connectivity index (χ0v) is 5.59. The van der Waals surface area contributed by atoms with Crippen molar-refractivity contribution >= 4 is 12.7 Å². The van der Waals surface area contributed by atoms with Crippen molar-refractivity contribution in [1.29, 1.82) is 0 Å². The Morgan fingerprint density at radius 1 is 1.70 bits per heavy atom. The van der Waals surface area contributed by atoms with E-state index in [9.17, 15) is 4.79 Å². The van der Waals surface area contributed by atoms with Gasteiger partial charge in [0.15, 0.2) is 0 Å². The summed E-state index contributed by atoms with van der Waals surface area (Å²) in [6.07, 6.45) is 0. The highest BCUT2D eigenvalue weighted by molar-refractivity contribution is 5.83. The Labute approximate surface area is 59.0 Å². The molecule has 0 spiro atoms. The van der Waals surface area contributed by atoms with Crippen molar-refractivity contribution in [1.82, 2.24) is 10.6 Å². The van der Waals surface area contributed by atoms with Crippen LogP contribution in [0.5, 0.6) is 0 Å². The maximum atomic E-state index is 10.6. The van der Waals surface area contributed by atoms with Crippen LogP contribution in [0.25, 0.3) is 0 Å². The second-order valence-electron chi connectivity index (χ2n) is 1.71. The summed E-state index contributed by atoms with van der Waals surface area (Å²) in [5.41, 5.74) is 5.20. The van der Waals surface area contributed by atoms with Crippen LogP contribution >= 0.6 is 0 Å². The number of carbonyl (C=O) groups is 2. The molecule has 0 aromatic rings. The first-order valence-corrected chi connectivity index (χ1v) is 2.84. The van der Waals surface area contributed by atoms with Gasteiger partial charge >= 0.3 is 0 Å². The Bertz CT molecular complexity index is 117. The van der Waals surface area contributed by atoms with E-state index in [1.165, 1.54) is 0 Å².